The highest BCUT2D eigenvalue weighted by Gasteiger charge is 2.21. The summed E-state index contributed by atoms with van der Waals surface area (Å²) in [5.74, 6) is 4.12. The molecule has 0 aromatic heterocycles. The zero-order chi connectivity index (χ0) is 44.7. The first-order chi connectivity index (χ1) is 32.7. The highest BCUT2D eigenvalue weighted by Crippen LogP contribution is 2.47. The van der Waals surface area contributed by atoms with Crippen molar-refractivity contribution in [2.75, 3.05) is 52.9 Å². The van der Waals surface area contributed by atoms with Gasteiger partial charge in [0.25, 0.3) is 0 Å². The molecule has 0 fully saturated rings. The second-order valence-corrected chi connectivity index (χ2v) is 15.8. The van der Waals surface area contributed by atoms with Crippen molar-refractivity contribution < 1.29 is 38.6 Å². The molecule has 0 radical (unpaired) electrons. The van der Waals surface area contributed by atoms with Gasteiger partial charge in [-0.3, -0.25) is 0 Å². The van der Waals surface area contributed by atoms with Gasteiger partial charge in [-0.15, -0.1) is 0 Å². The molecular formula is C58H48O8. The molecule has 0 aliphatic rings. The average molecular weight is 873 g/mol. The van der Waals surface area contributed by atoms with Crippen LogP contribution in [0, 0.1) is 0 Å². The number of ether oxygens (including phenoxy) is 6. The summed E-state index contributed by atoms with van der Waals surface area (Å²) in [4.78, 5) is 0. The normalized spacial score (nSPS) is 11.4. The molecule has 66 heavy (non-hydrogen) atoms. The van der Waals surface area contributed by atoms with E-state index in [9.17, 15) is 10.2 Å². The quantitative estimate of drug-likeness (QED) is 0.0823. The lowest BCUT2D eigenvalue weighted by Gasteiger charge is -2.20. The number of benzene rings is 10. The Kier molecular flexibility index (Phi) is 12.5. The van der Waals surface area contributed by atoms with Crippen molar-refractivity contribution >= 4 is 53.9 Å². The predicted molar refractivity (Wildman–Crippen MR) is 265 cm³/mol. The Morgan fingerprint density at radius 3 is 0.833 bits per heavy atom. The highest BCUT2D eigenvalue weighted by molar-refractivity contribution is 6.11. The van der Waals surface area contributed by atoms with Gasteiger partial charge in [-0.25, -0.2) is 0 Å². The summed E-state index contributed by atoms with van der Waals surface area (Å²) in [6.45, 7) is 1.24. The number of rotatable bonds is 18. The molecule has 8 nitrogen and oxygen atoms in total. The van der Waals surface area contributed by atoms with E-state index in [4.69, 9.17) is 28.4 Å². The molecule has 0 saturated carbocycles. The van der Waals surface area contributed by atoms with Crippen molar-refractivity contribution in [1.29, 1.82) is 0 Å². The summed E-state index contributed by atoms with van der Waals surface area (Å²) in [6, 6.07) is 61.1. The molecule has 10 aromatic rings. The van der Waals surface area contributed by atoms with Crippen LogP contribution in [0.2, 0.25) is 0 Å². The Morgan fingerprint density at radius 1 is 0.242 bits per heavy atom. The zero-order valence-corrected chi connectivity index (χ0v) is 36.3. The van der Waals surface area contributed by atoms with Crippen LogP contribution in [0.3, 0.4) is 0 Å². The Hall–Kier alpha value is -7.78. The summed E-state index contributed by atoms with van der Waals surface area (Å²) in [5.41, 5.74) is 3.67. The second-order valence-electron chi connectivity index (χ2n) is 15.8. The van der Waals surface area contributed by atoms with Crippen molar-refractivity contribution in [3.8, 4) is 56.8 Å². The molecule has 0 heterocycles. The maximum absolute atomic E-state index is 9.69. The van der Waals surface area contributed by atoms with E-state index in [-0.39, 0.29) is 52.9 Å². The zero-order valence-electron chi connectivity index (χ0n) is 36.3. The van der Waals surface area contributed by atoms with Crippen molar-refractivity contribution in [3.05, 3.63) is 182 Å². The summed E-state index contributed by atoms with van der Waals surface area (Å²) in [7, 11) is 0. The van der Waals surface area contributed by atoms with Crippen LogP contribution in [0.15, 0.2) is 182 Å². The van der Waals surface area contributed by atoms with Gasteiger partial charge < -0.3 is 38.6 Å². The van der Waals surface area contributed by atoms with E-state index < -0.39 is 0 Å². The Bertz CT molecular complexity index is 3110. The number of hydrogen-bond donors (Lipinski definition) is 2. The molecule has 0 unspecified atom stereocenters. The smallest absolute Gasteiger partial charge is 0.131 e. The summed E-state index contributed by atoms with van der Waals surface area (Å²) >= 11 is 0. The van der Waals surface area contributed by atoms with Gasteiger partial charge in [0, 0.05) is 22.3 Å². The van der Waals surface area contributed by atoms with Crippen LogP contribution in [0.4, 0.5) is 0 Å². The fourth-order valence-corrected chi connectivity index (χ4v) is 8.95. The number of hydrogen-bond acceptors (Lipinski definition) is 8. The average Bonchev–Trinajstić information content (AvgIpc) is 3.37. The van der Waals surface area contributed by atoms with Crippen LogP contribution < -0.4 is 28.4 Å². The molecule has 0 aliphatic heterocycles. The minimum absolute atomic E-state index is 0.0971. The lowest BCUT2D eigenvalue weighted by atomic mass is 9.92. The van der Waals surface area contributed by atoms with E-state index in [1.807, 2.05) is 121 Å². The van der Waals surface area contributed by atoms with Crippen molar-refractivity contribution in [1.82, 2.24) is 0 Å². The molecule has 0 spiro atoms. The molecule has 0 atom stereocenters. The van der Waals surface area contributed by atoms with Gasteiger partial charge in [0.1, 0.15) is 74.1 Å². The SMILES string of the molecule is OCCOc1ccc2ccccc2c1-c1c(OCCOc2cccc3cccc(OCCOc4ccc5ccccc5c4-c4c(OCCO)ccc5ccccc45)c23)ccc2ccccc12. The first-order valence-electron chi connectivity index (χ1n) is 22.3. The molecule has 0 saturated heterocycles. The van der Waals surface area contributed by atoms with Crippen LogP contribution in [-0.2, 0) is 0 Å². The van der Waals surface area contributed by atoms with Crippen LogP contribution in [-0.4, -0.2) is 63.1 Å². The van der Waals surface area contributed by atoms with E-state index in [1.165, 1.54) is 0 Å². The summed E-state index contributed by atoms with van der Waals surface area (Å²) < 4.78 is 38.5. The fraction of sp³-hybridized carbons (Fsp3) is 0.138. The molecule has 2 N–H and O–H groups in total. The van der Waals surface area contributed by atoms with Crippen molar-refractivity contribution in [3.63, 3.8) is 0 Å². The third-order valence-electron chi connectivity index (χ3n) is 11.8. The highest BCUT2D eigenvalue weighted by atomic mass is 16.5. The monoisotopic (exact) mass is 872 g/mol. The third kappa shape index (κ3) is 8.48. The molecule has 0 aliphatic carbocycles. The maximum Gasteiger partial charge on any atom is 0.131 e. The van der Waals surface area contributed by atoms with Gasteiger partial charge in [0.15, 0.2) is 0 Å². The molecule has 10 aromatic carbocycles. The minimum Gasteiger partial charge on any atom is -0.491 e. The van der Waals surface area contributed by atoms with Gasteiger partial charge in [0.05, 0.1) is 18.6 Å². The van der Waals surface area contributed by atoms with E-state index in [2.05, 4.69) is 60.7 Å². The number of aliphatic hydroxyl groups excluding tert-OH is 2. The van der Waals surface area contributed by atoms with Crippen LogP contribution >= 0.6 is 0 Å². The van der Waals surface area contributed by atoms with E-state index in [0.717, 1.165) is 76.1 Å². The fourth-order valence-electron chi connectivity index (χ4n) is 8.95. The van der Waals surface area contributed by atoms with Gasteiger partial charge >= 0.3 is 0 Å². The lowest BCUT2D eigenvalue weighted by molar-refractivity contribution is 0.202. The third-order valence-corrected chi connectivity index (χ3v) is 11.8. The lowest BCUT2D eigenvalue weighted by Crippen LogP contribution is -2.11. The Labute approximate surface area is 382 Å². The van der Waals surface area contributed by atoms with Gasteiger partial charge in [-0.2, -0.15) is 0 Å². The maximum atomic E-state index is 9.69. The summed E-state index contributed by atoms with van der Waals surface area (Å²) in [5, 5.41) is 29.6. The summed E-state index contributed by atoms with van der Waals surface area (Å²) in [6.07, 6.45) is 0. The second kappa shape index (κ2) is 19.5. The molecule has 0 bridgehead atoms. The van der Waals surface area contributed by atoms with Gasteiger partial charge in [-0.05, 0) is 84.9 Å². The van der Waals surface area contributed by atoms with Gasteiger partial charge in [-0.1, -0.05) is 146 Å². The first kappa shape index (κ1) is 42.2. The van der Waals surface area contributed by atoms with E-state index in [1.54, 1.807) is 0 Å². The van der Waals surface area contributed by atoms with Crippen LogP contribution in [0.1, 0.15) is 0 Å². The van der Waals surface area contributed by atoms with Crippen molar-refractivity contribution in [2.24, 2.45) is 0 Å². The minimum atomic E-state index is -0.0971. The molecule has 10 rings (SSSR count). The van der Waals surface area contributed by atoms with Gasteiger partial charge in [0.2, 0.25) is 0 Å². The topological polar surface area (TPSA) is 95.8 Å². The van der Waals surface area contributed by atoms with E-state index >= 15 is 0 Å². The molecule has 8 heteroatoms. The Balaban J connectivity index is 0.889. The predicted octanol–water partition coefficient (Wildman–Crippen LogP) is 12.4. The van der Waals surface area contributed by atoms with Crippen molar-refractivity contribution in [2.45, 2.75) is 0 Å². The number of fused-ring (bicyclic) bond motifs is 5. The van der Waals surface area contributed by atoms with Crippen LogP contribution in [0.25, 0.3) is 76.1 Å². The standard InChI is InChI=1S/C58H48O8/c59-31-33-61-50-27-23-39-11-1-5-17-44(39)55(50)57-46-19-7-3-13-41(46)25-29-52(57)65-37-35-63-48-21-9-15-43-16-10-22-49(54(43)48)64-36-38-66-53-30-26-42-14-4-8-20-47(42)58(53)56-45-18-6-2-12-40(45)24-28-51(56)62-34-32-60/h1-30,59-60H,31-38H2. The number of aliphatic hydroxyl groups is 2. The molecule has 0 amide bonds. The largest absolute Gasteiger partial charge is 0.491 e. The molecule has 328 valence electrons. The van der Waals surface area contributed by atoms with Crippen LogP contribution in [0.5, 0.6) is 34.5 Å². The Morgan fingerprint density at radius 2 is 0.515 bits per heavy atom. The molecular weight excluding hydrogens is 825 g/mol. The van der Waals surface area contributed by atoms with E-state index in [0.29, 0.717) is 34.5 Å². The first-order valence-corrected chi connectivity index (χ1v) is 22.3.